The van der Waals surface area contributed by atoms with Gasteiger partial charge in [-0.25, -0.2) is 4.98 Å². The molecule has 1 aliphatic heterocycles. The van der Waals surface area contributed by atoms with E-state index in [2.05, 4.69) is 4.98 Å². The number of ketones is 1. The van der Waals surface area contributed by atoms with Gasteiger partial charge in [-0.3, -0.25) is 28.6 Å². The molecule has 3 heterocycles. The van der Waals surface area contributed by atoms with E-state index in [-0.39, 0.29) is 17.6 Å². The number of carbonyl (C=O) groups is 4. The van der Waals surface area contributed by atoms with E-state index >= 15 is 0 Å². The van der Waals surface area contributed by atoms with Crippen LogP contribution in [0.5, 0.6) is 0 Å². The number of fused-ring (bicyclic) bond motifs is 1. The summed E-state index contributed by atoms with van der Waals surface area (Å²) in [7, 11) is 0. The summed E-state index contributed by atoms with van der Waals surface area (Å²) >= 11 is 1.46. The Hall–Kier alpha value is -3.07. The number of allylic oxidation sites excluding steroid dienone is 2. The second-order valence-electron chi connectivity index (χ2n) is 7.44. The predicted octanol–water partition coefficient (Wildman–Crippen LogP) is 2.23. The van der Waals surface area contributed by atoms with E-state index in [1.54, 1.807) is 19.2 Å². The second-order valence-corrected chi connectivity index (χ2v) is 8.31. The van der Waals surface area contributed by atoms with Gasteiger partial charge in [0.1, 0.15) is 6.54 Å². The van der Waals surface area contributed by atoms with Crippen LogP contribution in [0, 0.1) is 25.7 Å². The van der Waals surface area contributed by atoms with Crippen molar-refractivity contribution in [3.63, 3.8) is 0 Å². The number of esters is 1. The molecule has 0 aromatic carbocycles. The Balaban J connectivity index is 1.38. The number of aromatic nitrogens is 2. The number of hydrogen-bond donors (Lipinski definition) is 0. The van der Waals surface area contributed by atoms with E-state index in [0.29, 0.717) is 24.1 Å². The molecule has 8 nitrogen and oxygen atoms in total. The lowest BCUT2D eigenvalue weighted by Crippen LogP contribution is -2.37. The average molecular weight is 427 g/mol. The van der Waals surface area contributed by atoms with Gasteiger partial charge in [0.05, 0.1) is 11.8 Å². The largest absolute Gasteiger partial charge is 0.456 e. The molecule has 0 bridgehead atoms. The van der Waals surface area contributed by atoms with Crippen molar-refractivity contribution < 1.29 is 23.9 Å². The molecule has 0 N–H and O–H groups in total. The number of amides is 2. The van der Waals surface area contributed by atoms with Crippen molar-refractivity contribution in [3.8, 4) is 5.13 Å². The third-order valence-electron chi connectivity index (χ3n) is 5.59. The highest BCUT2D eigenvalue weighted by Crippen LogP contribution is 2.34. The SMILES string of the molecule is Cc1cc(C(=O)COC(=O)CN2C(=O)[C@@H]3CC=CC[C@H]3C2=O)c(C)n1-c1nccs1. The zero-order valence-electron chi connectivity index (χ0n) is 16.7. The van der Waals surface area contributed by atoms with Crippen LogP contribution in [0.15, 0.2) is 29.8 Å². The maximum atomic E-state index is 12.6. The summed E-state index contributed by atoms with van der Waals surface area (Å²) in [6.07, 6.45) is 6.47. The van der Waals surface area contributed by atoms with Gasteiger partial charge in [0.2, 0.25) is 17.6 Å². The highest BCUT2D eigenvalue weighted by Gasteiger charge is 2.47. The van der Waals surface area contributed by atoms with E-state index in [1.165, 1.54) is 11.3 Å². The number of rotatable bonds is 6. The first-order valence-corrected chi connectivity index (χ1v) is 10.5. The van der Waals surface area contributed by atoms with Crippen LogP contribution in [0.4, 0.5) is 0 Å². The molecule has 2 aromatic rings. The van der Waals surface area contributed by atoms with Gasteiger partial charge in [0, 0.05) is 28.5 Å². The lowest BCUT2D eigenvalue weighted by atomic mass is 9.85. The summed E-state index contributed by atoms with van der Waals surface area (Å²) < 4.78 is 6.96. The van der Waals surface area contributed by atoms with Gasteiger partial charge in [0.15, 0.2) is 11.7 Å². The molecule has 4 rings (SSSR count). The first-order valence-electron chi connectivity index (χ1n) is 9.66. The number of ether oxygens (including phenoxy) is 1. The molecule has 156 valence electrons. The van der Waals surface area contributed by atoms with Crippen molar-refractivity contribution in [3.05, 3.63) is 46.7 Å². The van der Waals surface area contributed by atoms with Crippen molar-refractivity contribution in [2.75, 3.05) is 13.2 Å². The van der Waals surface area contributed by atoms with Crippen LogP contribution in [-0.2, 0) is 19.1 Å². The average Bonchev–Trinajstić information content (AvgIpc) is 3.41. The number of carbonyl (C=O) groups excluding carboxylic acids is 4. The lowest BCUT2D eigenvalue weighted by molar-refractivity contribution is -0.152. The van der Waals surface area contributed by atoms with Crippen LogP contribution in [0.3, 0.4) is 0 Å². The minimum absolute atomic E-state index is 0.343. The number of likely N-dealkylation sites (tertiary alicyclic amines) is 1. The van der Waals surface area contributed by atoms with E-state index in [9.17, 15) is 19.2 Å². The number of nitrogens with zero attached hydrogens (tertiary/aromatic N) is 3. The molecule has 2 aromatic heterocycles. The molecule has 1 saturated heterocycles. The molecule has 1 fully saturated rings. The van der Waals surface area contributed by atoms with Crippen LogP contribution in [0.2, 0.25) is 0 Å². The highest BCUT2D eigenvalue weighted by molar-refractivity contribution is 7.12. The molecule has 0 radical (unpaired) electrons. The quantitative estimate of drug-likeness (QED) is 0.303. The summed E-state index contributed by atoms with van der Waals surface area (Å²) in [4.78, 5) is 54.9. The molecule has 9 heteroatoms. The van der Waals surface area contributed by atoms with Crippen LogP contribution in [0.25, 0.3) is 5.13 Å². The molecule has 0 unspecified atom stereocenters. The third kappa shape index (κ3) is 3.49. The van der Waals surface area contributed by atoms with Crippen LogP contribution in [-0.4, -0.2) is 51.2 Å². The zero-order chi connectivity index (χ0) is 21.4. The number of Topliss-reactive ketones (excluding diaryl/α,β-unsaturated/α-hetero) is 1. The minimum Gasteiger partial charge on any atom is -0.456 e. The van der Waals surface area contributed by atoms with Gasteiger partial charge in [-0.1, -0.05) is 12.2 Å². The Kier molecular flexibility index (Phi) is 5.38. The molecule has 2 aliphatic rings. The standard InChI is InChI=1S/C21H21N3O5S/c1-12-9-16(13(2)24(12)21-22-7-8-30-21)17(25)11-29-18(26)10-23-19(27)14-5-3-4-6-15(14)20(23)28/h3-4,7-9,14-15H,5-6,10-11H2,1-2H3/t14-,15-/m1/s1. The fourth-order valence-electron chi connectivity index (χ4n) is 4.09. The third-order valence-corrected chi connectivity index (χ3v) is 6.35. The molecule has 0 spiro atoms. The summed E-state index contributed by atoms with van der Waals surface area (Å²) in [6, 6.07) is 1.73. The Morgan fingerprint density at radius 2 is 1.83 bits per heavy atom. The molecule has 1 aliphatic carbocycles. The molecular weight excluding hydrogens is 406 g/mol. The van der Waals surface area contributed by atoms with Crippen molar-refractivity contribution in [2.45, 2.75) is 26.7 Å². The maximum absolute atomic E-state index is 12.6. The Morgan fingerprint density at radius 1 is 1.17 bits per heavy atom. The van der Waals surface area contributed by atoms with Gasteiger partial charge >= 0.3 is 5.97 Å². The smallest absolute Gasteiger partial charge is 0.326 e. The topological polar surface area (TPSA) is 98.6 Å². The molecule has 2 atom stereocenters. The molecule has 30 heavy (non-hydrogen) atoms. The van der Waals surface area contributed by atoms with Gasteiger partial charge < -0.3 is 4.74 Å². The molecule has 2 amide bonds. The Bertz CT molecular complexity index is 1030. The predicted molar refractivity (Wildman–Crippen MR) is 108 cm³/mol. The summed E-state index contributed by atoms with van der Waals surface area (Å²) in [5.74, 6) is -2.60. The van der Waals surface area contributed by atoms with Gasteiger partial charge in [-0.15, -0.1) is 11.3 Å². The minimum atomic E-state index is -0.773. The van der Waals surface area contributed by atoms with Crippen molar-refractivity contribution in [2.24, 2.45) is 11.8 Å². The second kappa shape index (κ2) is 7.98. The van der Waals surface area contributed by atoms with Crippen LogP contribution in [0.1, 0.15) is 34.6 Å². The van der Waals surface area contributed by atoms with Crippen molar-refractivity contribution in [1.29, 1.82) is 0 Å². The van der Waals surface area contributed by atoms with E-state index in [0.717, 1.165) is 15.7 Å². The van der Waals surface area contributed by atoms with Gasteiger partial charge in [0.25, 0.3) is 0 Å². The number of imide groups is 1. The summed E-state index contributed by atoms with van der Waals surface area (Å²) in [5, 5.41) is 2.60. The van der Waals surface area contributed by atoms with Crippen molar-refractivity contribution in [1.82, 2.24) is 14.5 Å². The lowest BCUT2D eigenvalue weighted by Gasteiger charge is -2.14. The number of aryl methyl sites for hydroxylation is 1. The van der Waals surface area contributed by atoms with Gasteiger partial charge in [-0.2, -0.15) is 0 Å². The van der Waals surface area contributed by atoms with E-state index in [1.807, 2.05) is 29.0 Å². The van der Waals surface area contributed by atoms with Crippen LogP contribution >= 0.6 is 11.3 Å². The summed E-state index contributed by atoms with van der Waals surface area (Å²) in [6.45, 7) is 2.76. The fourth-order valence-corrected chi connectivity index (χ4v) is 4.84. The first-order chi connectivity index (χ1) is 14.4. The zero-order valence-corrected chi connectivity index (χ0v) is 17.5. The van der Waals surface area contributed by atoms with E-state index < -0.39 is 31.0 Å². The summed E-state index contributed by atoms with van der Waals surface area (Å²) in [5.41, 5.74) is 2.01. The maximum Gasteiger partial charge on any atom is 0.326 e. The van der Waals surface area contributed by atoms with Crippen molar-refractivity contribution >= 4 is 34.9 Å². The monoisotopic (exact) mass is 427 g/mol. The van der Waals surface area contributed by atoms with E-state index in [4.69, 9.17) is 4.74 Å². The highest BCUT2D eigenvalue weighted by atomic mass is 32.1. The fraction of sp³-hybridized carbons (Fsp3) is 0.381. The first kappa shape index (κ1) is 20.2. The normalized spacial score (nSPS) is 20.5. The number of hydrogen-bond acceptors (Lipinski definition) is 7. The molecule has 0 saturated carbocycles. The Labute approximate surface area is 177 Å². The van der Waals surface area contributed by atoms with Gasteiger partial charge in [-0.05, 0) is 32.8 Å². The van der Waals surface area contributed by atoms with Crippen LogP contribution < -0.4 is 0 Å². The number of thiazole rings is 1. The molecular formula is C21H21N3O5S. The Morgan fingerprint density at radius 3 is 2.43 bits per heavy atom.